The second-order valence-corrected chi connectivity index (χ2v) is 6.94. The maximum atomic E-state index is 2.18. The van der Waals surface area contributed by atoms with E-state index in [2.05, 4.69) is 121 Å². The van der Waals surface area contributed by atoms with E-state index in [-0.39, 0.29) is 21.1 Å². The molecule has 0 unspecified atom stereocenters. The van der Waals surface area contributed by atoms with Crippen LogP contribution in [0.15, 0.2) is 121 Å². The van der Waals surface area contributed by atoms with Gasteiger partial charge in [-0.15, -0.1) is 0 Å². The van der Waals surface area contributed by atoms with Gasteiger partial charge in [0.15, 0.2) is 0 Å². The third kappa shape index (κ3) is 9.07. The topological polar surface area (TPSA) is 0 Å². The third-order valence-electron chi connectivity index (χ3n) is 4.78. The van der Waals surface area contributed by atoms with Crippen molar-refractivity contribution in [2.45, 2.75) is 25.7 Å². The molecule has 0 aliphatic heterocycles. The molecule has 0 heterocycles. The van der Waals surface area contributed by atoms with Crippen molar-refractivity contribution in [2.24, 2.45) is 0 Å². The Hall–Kier alpha value is -2.43. The van der Waals surface area contributed by atoms with Crippen molar-refractivity contribution in [2.75, 3.05) is 0 Å². The van der Waals surface area contributed by atoms with Crippen LogP contribution in [0, 0.1) is 0 Å². The second kappa shape index (κ2) is 13.7. The molecule has 0 fully saturated rings. The summed E-state index contributed by atoms with van der Waals surface area (Å²) < 4.78 is 0. The van der Waals surface area contributed by atoms with Gasteiger partial charge in [-0.05, 0) is 47.9 Å². The number of aryl methyl sites for hydroxylation is 4. The molecule has 0 N–H and O–H groups in total. The first kappa shape index (κ1) is 22.9. The van der Waals surface area contributed by atoms with Crippen molar-refractivity contribution in [3.8, 4) is 0 Å². The van der Waals surface area contributed by atoms with Crippen molar-refractivity contribution >= 4 is 0 Å². The van der Waals surface area contributed by atoms with Gasteiger partial charge >= 0.3 is 0 Å². The minimum atomic E-state index is 0. The average Bonchev–Trinajstić information content (AvgIpc) is 2.80. The molecule has 0 aliphatic carbocycles. The van der Waals surface area contributed by atoms with Crippen LogP contribution in [-0.2, 0) is 46.7 Å². The monoisotopic (exact) mass is 462 g/mol. The van der Waals surface area contributed by atoms with Crippen molar-refractivity contribution < 1.29 is 21.1 Å². The van der Waals surface area contributed by atoms with Gasteiger partial charge in [-0.2, -0.15) is 0 Å². The van der Waals surface area contributed by atoms with Crippen molar-refractivity contribution in [1.82, 2.24) is 0 Å². The molecule has 0 radical (unpaired) electrons. The molecule has 4 aromatic carbocycles. The molecule has 0 spiro atoms. The van der Waals surface area contributed by atoms with Gasteiger partial charge in [0, 0.05) is 21.1 Å². The fourth-order valence-electron chi connectivity index (χ4n) is 3.16. The Labute approximate surface area is 189 Å². The van der Waals surface area contributed by atoms with Crippen LogP contribution in [0.4, 0.5) is 0 Å². The Morgan fingerprint density at radius 1 is 0.276 bits per heavy atom. The Bertz CT molecular complexity index is 730. The second-order valence-electron chi connectivity index (χ2n) is 6.94. The molecule has 0 saturated heterocycles. The van der Waals surface area contributed by atoms with Gasteiger partial charge in [0.2, 0.25) is 0 Å². The fraction of sp³-hybridized carbons (Fsp3) is 0.143. The van der Waals surface area contributed by atoms with Gasteiger partial charge in [-0.25, -0.2) is 0 Å². The molecular weight excluding hydrogens is 432 g/mol. The molecular formula is C28H28Mo. The van der Waals surface area contributed by atoms with E-state index in [1.165, 1.54) is 22.3 Å². The average molecular weight is 460 g/mol. The minimum Gasteiger partial charge on any atom is -0.0622 e. The summed E-state index contributed by atoms with van der Waals surface area (Å²) in [6, 6.07) is 42.5. The maximum Gasteiger partial charge on any atom is 0 e. The van der Waals surface area contributed by atoms with Crippen LogP contribution in [0.25, 0.3) is 0 Å². The van der Waals surface area contributed by atoms with Crippen LogP contribution in [0.5, 0.6) is 0 Å². The fourth-order valence-corrected chi connectivity index (χ4v) is 3.16. The van der Waals surface area contributed by atoms with Gasteiger partial charge in [0.1, 0.15) is 0 Å². The summed E-state index contributed by atoms with van der Waals surface area (Å²) in [5.41, 5.74) is 5.65. The molecule has 0 amide bonds. The van der Waals surface area contributed by atoms with Crippen molar-refractivity contribution in [3.05, 3.63) is 144 Å². The molecule has 1 heteroatoms. The normalized spacial score (nSPS) is 9.66. The number of rotatable bonds is 6. The van der Waals surface area contributed by atoms with E-state index < -0.39 is 0 Å². The summed E-state index contributed by atoms with van der Waals surface area (Å²) >= 11 is 0. The summed E-state index contributed by atoms with van der Waals surface area (Å²) in [6.45, 7) is 0. The molecule has 0 atom stereocenters. The number of hydrogen-bond donors (Lipinski definition) is 0. The number of hydrogen-bond acceptors (Lipinski definition) is 0. The summed E-state index contributed by atoms with van der Waals surface area (Å²) in [5.74, 6) is 0. The van der Waals surface area contributed by atoms with Gasteiger partial charge in [-0.3, -0.25) is 0 Å². The summed E-state index contributed by atoms with van der Waals surface area (Å²) in [4.78, 5) is 0. The van der Waals surface area contributed by atoms with E-state index in [1.807, 2.05) is 0 Å². The Morgan fingerprint density at radius 3 is 0.621 bits per heavy atom. The van der Waals surface area contributed by atoms with E-state index in [0.29, 0.717) is 0 Å². The minimum absolute atomic E-state index is 0. The van der Waals surface area contributed by atoms with Gasteiger partial charge in [-0.1, -0.05) is 121 Å². The molecule has 0 bridgehead atoms. The van der Waals surface area contributed by atoms with Crippen molar-refractivity contribution in [3.63, 3.8) is 0 Å². The quantitative estimate of drug-likeness (QED) is 0.274. The molecule has 4 aromatic rings. The predicted octanol–water partition coefficient (Wildman–Crippen LogP) is 6.94. The molecule has 29 heavy (non-hydrogen) atoms. The van der Waals surface area contributed by atoms with Gasteiger partial charge < -0.3 is 0 Å². The zero-order valence-corrected chi connectivity index (χ0v) is 18.8. The van der Waals surface area contributed by atoms with E-state index in [4.69, 9.17) is 0 Å². The first-order valence-electron chi connectivity index (χ1n) is 10.1. The molecule has 0 nitrogen and oxygen atoms in total. The van der Waals surface area contributed by atoms with Crippen LogP contribution >= 0.6 is 0 Å². The maximum absolute atomic E-state index is 2.18. The van der Waals surface area contributed by atoms with E-state index in [1.54, 1.807) is 0 Å². The SMILES string of the molecule is [Mo].c1ccc(CCc2ccccc2)cc1.c1ccc(CCc2ccccc2)cc1. The van der Waals surface area contributed by atoms with Crippen LogP contribution in [0.1, 0.15) is 22.3 Å². The van der Waals surface area contributed by atoms with Crippen LogP contribution in [0.3, 0.4) is 0 Å². The Kier molecular flexibility index (Phi) is 10.8. The van der Waals surface area contributed by atoms with Gasteiger partial charge in [0.05, 0.1) is 0 Å². The third-order valence-corrected chi connectivity index (χ3v) is 4.78. The summed E-state index contributed by atoms with van der Waals surface area (Å²) in [5, 5.41) is 0. The van der Waals surface area contributed by atoms with E-state index >= 15 is 0 Å². The van der Waals surface area contributed by atoms with Crippen LogP contribution < -0.4 is 0 Å². The van der Waals surface area contributed by atoms with Crippen molar-refractivity contribution in [1.29, 1.82) is 0 Å². The van der Waals surface area contributed by atoms with Gasteiger partial charge in [0.25, 0.3) is 0 Å². The van der Waals surface area contributed by atoms with E-state index in [0.717, 1.165) is 25.7 Å². The standard InChI is InChI=1S/2C14H14.Mo/c2*1-3-7-13(8-4-1)11-12-14-9-5-2-6-10-14;/h2*1-10H,11-12H2;. The molecule has 0 aliphatic rings. The molecule has 0 aromatic heterocycles. The van der Waals surface area contributed by atoms with Crippen LogP contribution in [0.2, 0.25) is 0 Å². The predicted molar refractivity (Wildman–Crippen MR) is 121 cm³/mol. The Balaban J connectivity index is 0.000000200. The first-order valence-corrected chi connectivity index (χ1v) is 10.1. The summed E-state index contributed by atoms with van der Waals surface area (Å²) in [7, 11) is 0. The zero-order chi connectivity index (χ0) is 19.3. The molecule has 4 rings (SSSR count). The van der Waals surface area contributed by atoms with Crippen LogP contribution in [-0.4, -0.2) is 0 Å². The smallest absolute Gasteiger partial charge is 0 e. The molecule has 0 saturated carbocycles. The number of benzene rings is 4. The van der Waals surface area contributed by atoms with E-state index in [9.17, 15) is 0 Å². The first-order chi connectivity index (χ1) is 13.9. The Morgan fingerprint density at radius 2 is 0.448 bits per heavy atom. The summed E-state index contributed by atoms with van der Waals surface area (Å²) in [6.07, 6.45) is 4.52. The largest absolute Gasteiger partial charge is 0.0622 e. The zero-order valence-electron chi connectivity index (χ0n) is 16.8. The molecule has 146 valence electrons.